The summed E-state index contributed by atoms with van der Waals surface area (Å²) >= 11 is 3.42. The van der Waals surface area contributed by atoms with Crippen LogP contribution in [0.5, 0.6) is 0 Å². The van der Waals surface area contributed by atoms with E-state index in [0.717, 1.165) is 23.4 Å². The van der Waals surface area contributed by atoms with Crippen molar-refractivity contribution in [2.45, 2.75) is 6.42 Å². The number of nitrogens with zero attached hydrogens (tertiary/aromatic N) is 2. The first-order valence-corrected chi connectivity index (χ1v) is 6.37. The zero-order valence-corrected chi connectivity index (χ0v) is 10.7. The van der Waals surface area contributed by atoms with Gasteiger partial charge in [0.15, 0.2) is 0 Å². The van der Waals surface area contributed by atoms with Crippen molar-refractivity contribution in [1.82, 2.24) is 4.98 Å². The number of nitrogens with one attached hydrogen (secondary N) is 1. The van der Waals surface area contributed by atoms with Crippen LogP contribution in [0, 0.1) is 5.92 Å². The van der Waals surface area contributed by atoms with Crippen LogP contribution in [0.3, 0.4) is 0 Å². The number of carbonyl (C=O) groups excluding carboxylic acids is 1. The molecule has 1 unspecified atom stereocenters. The summed E-state index contributed by atoms with van der Waals surface area (Å²) in [5, 5.41) is 3.83. The first-order chi connectivity index (χ1) is 7.74. The summed E-state index contributed by atoms with van der Waals surface area (Å²) in [5.74, 6) is 1.41. The summed E-state index contributed by atoms with van der Waals surface area (Å²) in [6, 6.07) is 3.80. The zero-order valence-electron chi connectivity index (χ0n) is 9.11. The van der Waals surface area contributed by atoms with E-state index in [1.165, 1.54) is 0 Å². The van der Waals surface area contributed by atoms with Gasteiger partial charge in [0.2, 0.25) is 5.91 Å². The van der Waals surface area contributed by atoms with Crippen LogP contribution in [-0.2, 0) is 4.79 Å². The number of carbonyl (C=O) groups is 1. The van der Waals surface area contributed by atoms with Crippen LogP contribution in [0.1, 0.15) is 6.42 Å². The van der Waals surface area contributed by atoms with Gasteiger partial charge in [-0.3, -0.25) is 4.79 Å². The van der Waals surface area contributed by atoms with E-state index >= 15 is 0 Å². The Labute approximate surface area is 103 Å². The first kappa shape index (κ1) is 11.4. The Morgan fingerprint density at radius 1 is 1.62 bits per heavy atom. The highest BCUT2D eigenvalue weighted by molar-refractivity contribution is 9.09. The normalized spacial score (nSPS) is 20.2. The van der Waals surface area contributed by atoms with Crippen LogP contribution < -0.4 is 10.2 Å². The fourth-order valence-electron chi connectivity index (χ4n) is 1.83. The Bertz CT molecular complexity index is 379. The molecule has 1 N–H and O–H groups in total. The number of alkyl halides is 1. The molecule has 0 aromatic carbocycles. The maximum absolute atomic E-state index is 11.8. The third-order valence-corrected chi connectivity index (χ3v) is 3.65. The average Bonchev–Trinajstić information content (AvgIpc) is 2.71. The number of pyridine rings is 1. The van der Waals surface area contributed by atoms with E-state index in [4.69, 9.17) is 0 Å². The predicted octanol–water partition coefficient (Wildman–Crippen LogP) is 1.87. The summed E-state index contributed by atoms with van der Waals surface area (Å²) in [4.78, 5) is 17.8. The van der Waals surface area contributed by atoms with E-state index in [2.05, 4.69) is 26.2 Å². The van der Waals surface area contributed by atoms with E-state index in [-0.39, 0.29) is 5.91 Å². The Morgan fingerprint density at radius 3 is 2.94 bits per heavy atom. The molecule has 86 valence electrons. The Balaban J connectivity index is 2.15. The fourth-order valence-corrected chi connectivity index (χ4v) is 2.26. The van der Waals surface area contributed by atoms with E-state index in [0.29, 0.717) is 12.3 Å². The van der Waals surface area contributed by atoms with Crippen molar-refractivity contribution in [3.05, 3.63) is 18.3 Å². The molecule has 4 nitrogen and oxygen atoms in total. The average molecular weight is 284 g/mol. The van der Waals surface area contributed by atoms with Crippen LogP contribution >= 0.6 is 15.9 Å². The van der Waals surface area contributed by atoms with E-state index in [9.17, 15) is 4.79 Å². The molecule has 2 heterocycles. The van der Waals surface area contributed by atoms with Crippen LogP contribution in [0.25, 0.3) is 0 Å². The third-order valence-electron chi connectivity index (χ3n) is 2.74. The predicted molar refractivity (Wildman–Crippen MR) is 68.0 cm³/mol. The molecular formula is C11H14BrN3O. The molecule has 1 fully saturated rings. The lowest BCUT2D eigenvalue weighted by Crippen LogP contribution is -2.24. The van der Waals surface area contributed by atoms with Gasteiger partial charge in [0, 0.05) is 25.3 Å². The van der Waals surface area contributed by atoms with Gasteiger partial charge in [-0.25, -0.2) is 4.98 Å². The van der Waals surface area contributed by atoms with Gasteiger partial charge in [-0.1, -0.05) is 15.9 Å². The van der Waals surface area contributed by atoms with Crippen molar-refractivity contribution >= 4 is 33.3 Å². The lowest BCUT2D eigenvalue weighted by Gasteiger charge is -2.16. The molecule has 0 bridgehead atoms. The largest absolute Gasteiger partial charge is 0.373 e. The van der Waals surface area contributed by atoms with Gasteiger partial charge in [-0.2, -0.15) is 0 Å². The molecule has 1 aromatic rings. The first-order valence-electron chi connectivity index (χ1n) is 5.24. The second-order valence-corrected chi connectivity index (χ2v) is 4.53. The van der Waals surface area contributed by atoms with E-state index in [1.54, 1.807) is 11.1 Å². The van der Waals surface area contributed by atoms with Crippen molar-refractivity contribution in [3.8, 4) is 0 Å². The monoisotopic (exact) mass is 283 g/mol. The van der Waals surface area contributed by atoms with Gasteiger partial charge in [0.25, 0.3) is 0 Å². The fraction of sp³-hybridized carbons (Fsp3) is 0.455. The van der Waals surface area contributed by atoms with Gasteiger partial charge in [0.05, 0.1) is 11.9 Å². The second-order valence-electron chi connectivity index (χ2n) is 3.88. The maximum Gasteiger partial charge on any atom is 0.227 e. The number of rotatable bonds is 3. The number of aromatic nitrogens is 1. The smallest absolute Gasteiger partial charge is 0.227 e. The molecule has 0 aliphatic carbocycles. The molecule has 1 aliphatic rings. The quantitative estimate of drug-likeness (QED) is 0.862. The van der Waals surface area contributed by atoms with Crippen LogP contribution in [0.4, 0.5) is 11.5 Å². The van der Waals surface area contributed by atoms with Gasteiger partial charge in [-0.05, 0) is 18.1 Å². The molecule has 1 aliphatic heterocycles. The van der Waals surface area contributed by atoms with Crippen molar-refractivity contribution in [2.24, 2.45) is 5.92 Å². The summed E-state index contributed by atoms with van der Waals surface area (Å²) < 4.78 is 0. The lowest BCUT2D eigenvalue weighted by molar-refractivity contribution is -0.117. The minimum atomic E-state index is 0.184. The summed E-state index contributed by atoms with van der Waals surface area (Å²) in [7, 11) is 1.82. The molecule has 2 rings (SSSR count). The second kappa shape index (κ2) is 4.82. The highest BCUT2D eigenvalue weighted by Crippen LogP contribution is 2.25. The molecular weight excluding hydrogens is 270 g/mol. The van der Waals surface area contributed by atoms with Crippen molar-refractivity contribution in [1.29, 1.82) is 0 Å². The number of hydrogen-bond donors (Lipinski definition) is 1. The molecule has 1 amide bonds. The van der Waals surface area contributed by atoms with E-state index < -0.39 is 0 Å². The topological polar surface area (TPSA) is 45.2 Å². The van der Waals surface area contributed by atoms with Gasteiger partial charge in [-0.15, -0.1) is 0 Å². The number of halogens is 1. The lowest BCUT2D eigenvalue weighted by atomic mass is 10.2. The molecule has 0 spiro atoms. The summed E-state index contributed by atoms with van der Waals surface area (Å²) in [6.45, 7) is 0.782. The van der Waals surface area contributed by atoms with Gasteiger partial charge in [0.1, 0.15) is 5.82 Å². The summed E-state index contributed by atoms with van der Waals surface area (Å²) in [6.07, 6.45) is 2.36. The van der Waals surface area contributed by atoms with E-state index in [1.807, 2.05) is 19.2 Å². The molecule has 0 radical (unpaired) electrons. The minimum absolute atomic E-state index is 0.184. The summed E-state index contributed by atoms with van der Waals surface area (Å²) in [5.41, 5.74) is 0.882. The van der Waals surface area contributed by atoms with Crippen molar-refractivity contribution < 1.29 is 4.79 Å². The molecule has 16 heavy (non-hydrogen) atoms. The number of hydrogen-bond acceptors (Lipinski definition) is 3. The Hall–Kier alpha value is -1.10. The van der Waals surface area contributed by atoms with Crippen LogP contribution in [-0.4, -0.2) is 29.8 Å². The van der Waals surface area contributed by atoms with Crippen LogP contribution in [0.2, 0.25) is 0 Å². The highest BCUT2D eigenvalue weighted by atomic mass is 79.9. The number of amides is 1. The Morgan fingerprint density at radius 2 is 2.44 bits per heavy atom. The molecule has 5 heteroatoms. The minimum Gasteiger partial charge on any atom is -0.373 e. The number of anilines is 2. The maximum atomic E-state index is 11.8. The molecule has 1 aromatic heterocycles. The van der Waals surface area contributed by atoms with Crippen LogP contribution in [0.15, 0.2) is 18.3 Å². The van der Waals surface area contributed by atoms with Crippen molar-refractivity contribution in [2.75, 3.05) is 29.1 Å². The van der Waals surface area contributed by atoms with Gasteiger partial charge >= 0.3 is 0 Å². The standard InChI is InChI=1S/C11H14BrN3O/c1-13-10-3-2-9(6-14-10)15-7-8(5-12)4-11(15)16/h2-3,6,8H,4-5,7H2,1H3,(H,13,14). The molecule has 1 atom stereocenters. The Kier molecular flexibility index (Phi) is 3.43. The third kappa shape index (κ3) is 2.19. The zero-order chi connectivity index (χ0) is 11.5. The van der Waals surface area contributed by atoms with Crippen molar-refractivity contribution in [3.63, 3.8) is 0 Å². The SMILES string of the molecule is CNc1ccc(N2CC(CBr)CC2=O)cn1. The van der Waals surface area contributed by atoms with Gasteiger partial charge < -0.3 is 10.2 Å². The molecule has 1 saturated heterocycles. The molecule has 0 saturated carbocycles. The highest BCUT2D eigenvalue weighted by Gasteiger charge is 2.29.